The average molecular weight is 443 g/mol. The highest BCUT2D eigenvalue weighted by molar-refractivity contribution is 5.69. The molecule has 0 aromatic heterocycles. The van der Waals surface area contributed by atoms with E-state index in [0.717, 1.165) is 12.3 Å². The first kappa shape index (κ1) is 24.3. The van der Waals surface area contributed by atoms with E-state index in [1.165, 1.54) is 89.9 Å². The zero-order valence-corrected chi connectivity index (χ0v) is 21.6. The van der Waals surface area contributed by atoms with Crippen molar-refractivity contribution < 1.29 is 9.53 Å². The molecule has 2 heteroatoms. The number of rotatable bonds is 10. The summed E-state index contributed by atoms with van der Waals surface area (Å²) >= 11 is 0. The molecule has 4 rings (SSSR count). The highest BCUT2D eigenvalue weighted by Crippen LogP contribution is 2.71. The van der Waals surface area contributed by atoms with Crippen LogP contribution in [0.3, 0.4) is 0 Å². The highest BCUT2D eigenvalue weighted by atomic mass is 16.5. The fraction of sp³-hybridized carbons (Fsp3) is 0.900. The number of fused-ring (bicyclic) bond motifs is 3. The Morgan fingerprint density at radius 1 is 0.875 bits per heavy atom. The predicted octanol–water partition coefficient (Wildman–Crippen LogP) is 8.64. The molecule has 0 aromatic carbocycles. The van der Waals surface area contributed by atoms with Gasteiger partial charge in [-0.25, -0.2) is 0 Å². The van der Waals surface area contributed by atoms with Crippen molar-refractivity contribution in [2.45, 2.75) is 130 Å². The van der Waals surface area contributed by atoms with Crippen molar-refractivity contribution in [1.29, 1.82) is 0 Å². The Hall–Kier alpha value is -0.790. The van der Waals surface area contributed by atoms with Gasteiger partial charge in [-0.3, -0.25) is 4.79 Å². The van der Waals surface area contributed by atoms with Crippen LogP contribution in [0.5, 0.6) is 0 Å². The summed E-state index contributed by atoms with van der Waals surface area (Å²) < 4.78 is 5.98. The molecule has 0 heterocycles. The van der Waals surface area contributed by atoms with E-state index < -0.39 is 0 Å². The lowest BCUT2D eigenvalue weighted by Gasteiger charge is -2.64. The van der Waals surface area contributed by atoms with Crippen LogP contribution in [0.4, 0.5) is 0 Å². The van der Waals surface area contributed by atoms with Gasteiger partial charge in [0.2, 0.25) is 0 Å². The molecule has 0 radical (unpaired) electrons. The van der Waals surface area contributed by atoms with Crippen LogP contribution in [-0.4, -0.2) is 12.6 Å². The first-order valence-electron chi connectivity index (χ1n) is 14.1. The van der Waals surface area contributed by atoms with Crippen molar-refractivity contribution in [3.8, 4) is 0 Å². The smallest absolute Gasteiger partial charge is 0.305 e. The first-order valence-corrected chi connectivity index (χ1v) is 14.1. The van der Waals surface area contributed by atoms with Crippen molar-refractivity contribution >= 4 is 5.97 Å². The Bertz CT molecular complexity index is 697. The number of allylic oxidation sites excluding steroid dienone is 2. The summed E-state index contributed by atoms with van der Waals surface area (Å²) in [5, 5.41) is 0. The Morgan fingerprint density at radius 2 is 1.59 bits per heavy atom. The molecular weight excluding hydrogens is 392 g/mol. The molecular formula is C30H50O2. The van der Waals surface area contributed by atoms with Crippen molar-refractivity contribution in [3.63, 3.8) is 0 Å². The predicted molar refractivity (Wildman–Crippen MR) is 133 cm³/mol. The van der Waals surface area contributed by atoms with E-state index in [-0.39, 0.29) is 11.4 Å². The molecule has 2 bridgehead atoms. The molecule has 4 aliphatic carbocycles. The molecule has 0 saturated heterocycles. The molecule has 0 unspecified atom stereocenters. The van der Waals surface area contributed by atoms with Gasteiger partial charge >= 0.3 is 5.97 Å². The van der Waals surface area contributed by atoms with Crippen molar-refractivity contribution in [2.24, 2.45) is 33.5 Å². The molecule has 3 fully saturated rings. The van der Waals surface area contributed by atoms with Gasteiger partial charge in [-0.2, -0.15) is 0 Å². The van der Waals surface area contributed by atoms with Gasteiger partial charge in [0.1, 0.15) is 0 Å². The maximum atomic E-state index is 12.5. The lowest BCUT2D eigenvalue weighted by atomic mass is 9.40. The van der Waals surface area contributed by atoms with Gasteiger partial charge in [-0.1, -0.05) is 84.8 Å². The molecule has 32 heavy (non-hydrogen) atoms. The SMILES string of the molecule is CCCCCCCCCC(=O)OC[C@@]1(C)CCC[C@]2(C)[C@@H]1CC[C@@]13C=C[C@@](C)(CC[C@H]12)C3. The van der Waals surface area contributed by atoms with Crippen molar-refractivity contribution in [1.82, 2.24) is 0 Å². The summed E-state index contributed by atoms with van der Waals surface area (Å²) in [4.78, 5) is 12.5. The van der Waals surface area contributed by atoms with Gasteiger partial charge in [0.15, 0.2) is 0 Å². The molecule has 3 saturated carbocycles. The number of carbonyl (C=O) groups excluding carboxylic acids is 1. The van der Waals surface area contributed by atoms with Gasteiger partial charge in [0, 0.05) is 11.8 Å². The van der Waals surface area contributed by atoms with Crippen LogP contribution in [0, 0.1) is 33.5 Å². The number of ether oxygens (including phenoxy) is 1. The van der Waals surface area contributed by atoms with E-state index in [1.807, 2.05) is 0 Å². The molecule has 4 aliphatic rings. The van der Waals surface area contributed by atoms with Crippen LogP contribution in [0.15, 0.2) is 12.2 Å². The van der Waals surface area contributed by atoms with Gasteiger partial charge in [0.05, 0.1) is 6.61 Å². The lowest BCUT2D eigenvalue weighted by molar-refractivity contribution is -0.171. The molecule has 0 N–H and O–H groups in total. The summed E-state index contributed by atoms with van der Waals surface area (Å²) in [5.41, 5.74) is 1.49. The summed E-state index contributed by atoms with van der Waals surface area (Å²) in [7, 11) is 0. The maximum absolute atomic E-state index is 12.5. The van der Waals surface area contributed by atoms with Gasteiger partial charge < -0.3 is 4.74 Å². The van der Waals surface area contributed by atoms with E-state index in [1.54, 1.807) is 0 Å². The maximum Gasteiger partial charge on any atom is 0.305 e. The third-order valence-electron chi connectivity index (χ3n) is 10.6. The summed E-state index contributed by atoms with van der Waals surface area (Å²) in [6.45, 7) is 10.5. The van der Waals surface area contributed by atoms with Crippen molar-refractivity contribution in [2.75, 3.05) is 6.61 Å². The lowest BCUT2D eigenvalue weighted by Crippen LogP contribution is -2.58. The number of hydrogen-bond donors (Lipinski definition) is 0. The van der Waals surface area contributed by atoms with Crippen LogP contribution >= 0.6 is 0 Å². The van der Waals surface area contributed by atoms with E-state index in [9.17, 15) is 4.79 Å². The van der Waals surface area contributed by atoms with E-state index in [4.69, 9.17) is 4.74 Å². The Kier molecular flexibility index (Phi) is 7.19. The Morgan fingerprint density at radius 3 is 2.38 bits per heavy atom. The summed E-state index contributed by atoms with van der Waals surface area (Å²) in [6, 6.07) is 0. The largest absolute Gasteiger partial charge is 0.465 e. The molecule has 6 atom stereocenters. The van der Waals surface area contributed by atoms with E-state index in [0.29, 0.717) is 35.2 Å². The topological polar surface area (TPSA) is 26.3 Å². The minimum absolute atomic E-state index is 0.0477. The van der Waals surface area contributed by atoms with Crippen LogP contribution < -0.4 is 0 Å². The molecule has 182 valence electrons. The number of unbranched alkanes of at least 4 members (excludes halogenated alkanes) is 6. The fourth-order valence-electron chi connectivity index (χ4n) is 8.98. The van der Waals surface area contributed by atoms with E-state index >= 15 is 0 Å². The molecule has 0 aromatic rings. The van der Waals surface area contributed by atoms with Crippen molar-refractivity contribution in [3.05, 3.63) is 12.2 Å². The second-order valence-corrected chi connectivity index (χ2v) is 13.1. The Labute approximate surface area is 198 Å². The van der Waals surface area contributed by atoms with Crippen LogP contribution in [0.1, 0.15) is 130 Å². The number of esters is 1. The second-order valence-electron chi connectivity index (χ2n) is 13.1. The van der Waals surface area contributed by atoms with Crippen LogP contribution in [0.25, 0.3) is 0 Å². The van der Waals surface area contributed by atoms with Gasteiger partial charge in [-0.05, 0) is 79.4 Å². The molecule has 0 aliphatic heterocycles. The fourth-order valence-corrected chi connectivity index (χ4v) is 8.98. The normalized spacial score (nSPS) is 42.4. The van der Waals surface area contributed by atoms with Crippen LogP contribution in [-0.2, 0) is 9.53 Å². The summed E-state index contributed by atoms with van der Waals surface area (Å²) in [5.74, 6) is 1.57. The van der Waals surface area contributed by atoms with Gasteiger partial charge in [0.25, 0.3) is 0 Å². The summed E-state index contributed by atoms with van der Waals surface area (Å²) in [6.07, 6.45) is 25.3. The zero-order valence-electron chi connectivity index (χ0n) is 21.6. The molecule has 1 spiro atoms. The second kappa shape index (κ2) is 9.46. The minimum Gasteiger partial charge on any atom is -0.465 e. The third-order valence-corrected chi connectivity index (χ3v) is 10.6. The molecule has 2 nitrogen and oxygen atoms in total. The quantitative estimate of drug-likeness (QED) is 0.192. The minimum atomic E-state index is 0.0477. The average Bonchev–Trinajstić information content (AvgIpc) is 3.00. The van der Waals surface area contributed by atoms with Crippen LogP contribution in [0.2, 0.25) is 0 Å². The monoisotopic (exact) mass is 442 g/mol. The number of carbonyl (C=O) groups is 1. The standard InChI is InChI=1S/C30H50O2/c1-5-6-7-8-9-10-11-13-26(31)32-23-28(3)16-12-17-29(4)24(28)15-19-30-21-20-27(2,22-30)18-14-25(29)30/h20-21,24-25H,5-19,22-23H2,1-4H3/t24-,25+,27-,28-,29-,30+/m1/s1. The van der Waals surface area contributed by atoms with Gasteiger partial charge in [-0.15, -0.1) is 0 Å². The van der Waals surface area contributed by atoms with E-state index in [2.05, 4.69) is 39.8 Å². The Balaban J connectivity index is 1.31. The first-order chi connectivity index (χ1) is 15.3. The molecule has 0 amide bonds. The highest BCUT2D eigenvalue weighted by Gasteiger charge is 2.63. The zero-order chi connectivity index (χ0) is 22.9. The number of hydrogen-bond acceptors (Lipinski definition) is 2. The third kappa shape index (κ3) is 4.58.